The lowest BCUT2D eigenvalue weighted by molar-refractivity contribution is 0.639. The van der Waals surface area contributed by atoms with Gasteiger partial charge >= 0.3 is 0 Å². The van der Waals surface area contributed by atoms with Crippen molar-refractivity contribution in [2.45, 2.75) is 19.9 Å². The molecule has 0 aliphatic rings. The molecule has 1 rings (SSSR count). The van der Waals surface area contributed by atoms with Gasteiger partial charge in [0.25, 0.3) is 0 Å². The number of nitriles is 1. The number of nitrogens with zero attached hydrogens (tertiary/aromatic N) is 5. The van der Waals surface area contributed by atoms with Crippen molar-refractivity contribution in [1.82, 2.24) is 20.2 Å². The molecule has 0 atom stereocenters. The fourth-order valence-corrected chi connectivity index (χ4v) is 0.666. The van der Waals surface area contributed by atoms with E-state index < -0.39 is 0 Å². The van der Waals surface area contributed by atoms with E-state index in [0.29, 0.717) is 0 Å². The van der Waals surface area contributed by atoms with Gasteiger partial charge in [-0.15, -0.1) is 5.10 Å². The van der Waals surface area contributed by atoms with Gasteiger partial charge < -0.3 is 0 Å². The topological polar surface area (TPSA) is 67.4 Å². The first-order chi connectivity index (χ1) is 4.88. The lowest BCUT2D eigenvalue weighted by Gasteiger charge is -1.92. The van der Waals surface area contributed by atoms with Crippen LogP contribution in [0, 0.1) is 11.3 Å². The average Bonchev–Trinajstić information content (AvgIpc) is 2.36. The molecule has 0 aromatic carbocycles. The monoisotopic (exact) mass is 137 g/mol. The smallest absolute Gasteiger partial charge is 0.152 e. The van der Waals surface area contributed by atoms with Gasteiger partial charge in [0, 0.05) is 6.42 Å². The van der Waals surface area contributed by atoms with E-state index in [9.17, 15) is 0 Å². The highest BCUT2D eigenvalue weighted by Crippen LogP contribution is 1.90. The first-order valence-corrected chi connectivity index (χ1v) is 3.00. The van der Waals surface area contributed by atoms with Crippen LogP contribution in [0.4, 0.5) is 0 Å². The summed E-state index contributed by atoms with van der Waals surface area (Å²) in [5, 5.41) is 19.0. The zero-order chi connectivity index (χ0) is 7.40. The Morgan fingerprint density at radius 2 is 2.50 bits per heavy atom. The molecule has 0 unspecified atom stereocenters. The van der Waals surface area contributed by atoms with Crippen LogP contribution in [0.1, 0.15) is 12.7 Å². The molecule has 52 valence electrons. The fourth-order valence-electron chi connectivity index (χ4n) is 0.666. The second-order valence-electron chi connectivity index (χ2n) is 1.76. The summed E-state index contributed by atoms with van der Waals surface area (Å²) in [6.45, 7) is 2.18. The molecule has 0 amide bonds. The Bertz CT molecular complexity index is 245. The minimum absolute atomic E-state index is 0.232. The van der Waals surface area contributed by atoms with Crippen molar-refractivity contribution >= 4 is 0 Å². The summed E-state index contributed by atoms with van der Waals surface area (Å²) in [5.74, 6) is 0.751. The van der Waals surface area contributed by atoms with Crippen molar-refractivity contribution in [3.8, 4) is 6.07 Å². The molecule has 1 aromatic rings. The molecule has 10 heavy (non-hydrogen) atoms. The molecule has 1 heterocycles. The first-order valence-electron chi connectivity index (χ1n) is 3.00. The summed E-state index contributed by atoms with van der Waals surface area (Å²) in [6, 6.07) is 1.97. The summed E-state index contributed by atoms with van der Waals surface area (Å²) >= 11 is 0. The molecular formula is C5H7N5. The molecule has 0 radical (unpaired) electrons. The second-order valence-corrected chi connectivity index (χ2v) is 1.76. The molecule has 5 heteroatoms. The van der Waals surface area contributed by atoms with E-state index in [1.165, 1.54) is 4.68 Å². The van der Waals surface area contributed by atoms with E-state index in [4.69, 9.17) is 5.26 Å². The van der Waals surface area contributed by atoms with Crippen LogP contribution < -0.4 is 0 Å². The van der Waals surface area contributed by atoms with Gasteiger partial charge in [-0.3, -0.25) is 0 Å². The summed E-state index contributed by atoms with van der Waals surface area (Å²) in [6.07, 6.45) is 0.759. The van der Waals surface area contributed by atoms with Gasteiger partial charge in [0.1, 0.15) is 6.54 Å². The second kappa shape index (κ2) is 2.92. The molecule has 0 fully saturated rings. The van der Waals surface area contributed by atoms with E-state index in [-0.39, 0.29) is 6.54 Å². The van der Waals surface area contributed by atoms with Crippen molar-refractivity contribution in [3.05, 3.63) is 5.82 Å². The summed E-state index contributed by atoms with van der Waals surface area (Å²) < 4.78 is 1.49. The lowest BCUT2D eigenvalue weighted by atomic mass is 10.4. The molecule has 0 bridgehead atoms. The molecule has 0 aliphatic heterocycles. The quantitative estimate of drug-likeness (QED) is 0.564. The molecule has 0 saturated carbocycles. The number of tetrazole rings is 1. The van der Waals surface area contributed by atoms with Gasteiger partial charge in [-0.2, -0.15) is 5.26 Å². The predicted octanol–water partition coefficient (Wildman–Crippen LogP) is -0.241. The highest BCUT2D eigenvalue weighted by atomic mass is 15.5. The van der Waals surface area contributed by atoms with E-state index in [1.54, 1.807) is 0 Å². The molecule has 0 N–H and O–H groups in total. The van der Waals surface area contributed by atoms with Crippen molar-refractivity contribution < 1.29 is 0 Å². The third-order valence-electron chi connectivity index (χ3n) is 1.14. The standard InChI is InChI=1S/C5H7N5/c1-2-5-7-8-9-10(5)4-3-6/h2,4H2,1H3. The van der Waals surface area contributed by atoms with Crippen LogP contribution >= 0.6 is 0 Å². The van der Waals surface area contributed by atoms with Gasteiger partial charge in [-0.05, 0) is 10.4 Å². The minimum Gasteiger partial charge on any atom is -0.215 e. The summed E-state index contributed by atoms with van der Waals surface area (Å²) in [4.78, 5) is 0. The Hall–Kier alpha value is -1.44. The number of aryl methyl sites for hydroxylation is 1. The van der Waals surface area contributed by atoms with Crippen molar-refractivity contribution in [2.75, 3.05) is 0 Å². The summed E-state index contributed by atoms with van der Waals surface area (Å²) in [5.41, 5.74) is 0. The van der Waals surface area contributed by atoms with E-state index in [2.05, 4.69) is 15.5 Å². The van der Waals surface area contributed by atoms with Crippen LogP contribution in [-0.2, 0) is 13.0 Å². The molecule has 5 nitrogen and oxygen atoms in total. The normalized spacial score (nSPS) is 9.20. The van der Waals surface area contributed by atoms with Gasteiger partial charge in [0.05, 0.1) is 6.07 Å². The number of rotatable bonds is 2. The van der Waals surface area contributed by atoms with Gasteiger partial charge in [0.2, 0.25) is 0 Å². The molecule has 0 aliphatic carbocycles. The maximum Gasteiger partial charge on any atom is 0.152 e. The minimum atomic E-state index is 0.232. The summed E-state index contributed by atoms with van der Waals surface area (Å²) in [7, 11) is 0. The van der Waals surface area contributed by atoms with E-state index in [0.717, 1.165) is 12.2 Å². The largest absolute Gasteiger partial charge is 0.215 e. The number of aromatic nitrogens is 4. The maximum absolute atomic E-state index is 8.29. The third-order valence-corrected chi connectivity index (χ3v) is 1.14. The van der Waals surface area contributed by atoms with Crippen molar-refractivity contribution in [3.63, 3.8) is 0 Å². The SMILES string of the molecule is CCc1nnnn1CC#N. The zero-order valence-corrected chi connectivity index (χ0v) is 5.65. The average molecular weight is 137 g/mol. The predicted molar refractivity (Wildman–Crippen MR) is 32.8 cm³/mol. The van der Waals surface area contributed by atoms with Crippen LogP contribution in [0.15, 0.2) is 0 Å². The van der Waals surface area contributed by atoms with Crippen LogP contribution in [0.3, 0.4) is 0 Å². The Kier molecular flexibility index (Phi) is 1.95. The van der Waals surface area contributed by atoms with Crippen LogP contribution in [0.25, 0.3) is 0 Å². The first kappa shape index (κ1) is 6.68. The fraction of sp³-hybridized carbons (Fsp3) is 0.600. The van der Waals surface area contributed by atoms with Gasteiger partial charge in [0.15, 0.2) is 5.82 Å². The highest BCUT2D eigenvalue weighted by Gasteiger charge is 1.99. The van der Waals surface area contributed by atoms with Crippen molar-refractivity contribution in [2.24, 2.45) is 0 Å². The Morgan fingerprint density at radius 3 is 3.10 bits per heavy atom. The maximum atomic E-state index is 8.29. The Labute approximate surface area is 58.3 Å². The third kappa shape index (κ3) is 1.10. The van der Waals surface area contributed by atoms with E-state index in [1.807, 2.05) is 13.0 Å². The zero-order valence-electron chi connectivity index (χ0n) is 5.65. The Morgan fingerprint density at radius 1 is 1.70 bits per heavy atom. The van der Waals surface area contributed by atoms with Crippen LogP contribution in [0.2, 0.25) is 0 Å². The van der Waals surface area contributed by atoms with Crippen LogP contribution in [0.5, 0.6) is 0 Å². The highest BCUT2D eigenvalue weighted by molar-refractivity contribution is 4.82. The van der Waals surface area contributed by atoms with Gasteiger partial charge in [-0.25, -0.2) is 4.68 Å². The molecule has 0 saturated heterocycles. The van der Waals surface area contributed by atoms with Gasteiger partial charge in [-0.1, -0.05) is 6.92 Å². The molecule has 1 aromatic heterocycles. The molecule has 0 spiro atoms. The number of hydrogen-bond acceptors (Lipinski definition) is 4. The Balaban J connectivity index is 2.82. The molecular weight excluding hydrogens is 130 g/mol. The number of hydrogen-bond donors (Lipinski definition) is 0. The van der Waals surface area contributed by atoms with Crippen LogP contribution in [-0.4, -0.2) is 20.2 Å². The van der Waals surface area contributed by atoms with E-state index >= 15 is 0 Å². The van der Waals surface area contributed by atoms with Crippen molar-refractivity contribution in [1.29, 1.82) is 5.26 Å². The lowest BCUT2D eigenvalue weighted by Crippen LogP contribution is -2.02.